The largest absolute Gasteiger partial charge is 0.478 e. The highest BCUT2D eigenvalue weighted by Crippen LogP contribution is 2.18. The van der Waals surface area contributed by atoms with Crippen LogP contribution in [0.2, 0.25) is 0 Å². The maximum Gasteiger partial charge on any atom is 0.332 e. The van der Waals surface area contributed by atoms with E-state index in [0.29, 0.717) is 0 Å². The van der Waals surface area contributed by atoms with E-state index in [-0.39, 0.29) is 12.8 Å². The smallest absolute Gasteiger partial charge is 0.332 e. The number of rotatable bonds is 10. The Morgan fingerprint density at radius 3 is 1.21 bits per heavy atom. The molecule has 0 rings (SSSR count). The maximum atomic E-state index is 11.4. The van der Waals surface area contributed by atoms with Gasteiger partial charge in [0.15, 0.2) is 0 Å². The first-order valence-electron chi connectivity index (χ1n) is 6.75. The van der Waals surface area contributed by atoms with Gasteiger partial charge >= 0.3 is 11.9 Å². The molecule has 10 nitrogen and oxygen atoms in total. The van der Waals surface area contributed by atoms with Gasteiger partial charge in [0, 0.05) is 23.2 Å². The molecule has 4 N–H and O–H groups in total. The first-order chi connectivity index (χ1) is 10.6. The summed E-state index contributed by atoms with van der Waals surface area (Å²) < 4.78 is 49.0. The fourth-order valence-corrected chi connectivity index (χ4v) is 3.73. The molecule has 0 aliphatic rings. The third-order valence-corrected chi connectivity index (χ3v) is 4.39. The Hall–Kier alpha value is -1.50. The van der Waals surface area contributed by atoms with E-state index in [0.717, 1.165) is 12.5 Å². The van der Waals surface area contributed by atoms with E-state index in [2.05, 4.69) is 9.44 Å². The van der Waals surface area contributed by atoms with Crippen LogP contribution in [0, 0.1) is 0 Å². The lowest BCUT2D eigenvalue weighted by atomic mass is 9.97. The molecule has 0 unspecified atom stereocenters. The predicted octanol–water partition coefficient (Wildman–Crippen LogP) is -0.892. The summed E-state index contributed by atoms with van der Waals surface area (Å²) in [7, 11) is -7.18. The first-order valence-corrected chi connectivity index (χ1v) is 10.5. The molecular formula is C12H22N2O8S2. The van der Waals surface area contributed by atoms with Gasteiger partial charge in [-0.3, -0.25) is 0 Å². The predicted molar refractivity (Wildman–Crippen MR) is 86.4 cm³/mol. The number of hydrogen-bond acceptors (Lipinski definition) is 6. The third kappa shape index (κ3) is 9.60. The zero-order valence-electron chi connectivity index (χ0n) is 13.7. The molecule has 0 aromatic rings. The number of carbonyl (C=O) groups is 2. The van der Waals surface area contributed by atoms with Crippen LogP contribution in [0.4, 0.5) is 0 Å². The summed E-state index contributed by atoms with van der Waals surface area (Å²) in [6.45, 7) is 2.78. The van der Waals surface area contributed by atoms with Crippen molar-refractivity contribution in [3.05, 3.63) is 11.1 Å². The Morgan fingerprint density at radius 1 is 0.792 bits per heavy atom. The van der Waals surface area contributed by atoms with Gasteiger partial charge in [0.25, 0.3) is 0 Å². The number of carboxylic acid groups (broad SMARTS) is 2. The van der Waals surface area contributed by atoms with Crippen LogP contribution in [0.1, 0.15) is 26.7 Å². The number of aliphatic carboxylic acids is 2. The normalized spacial score (nSPS) is 16.2. The minimum absolute atomic E-state index is 0.365. The van der Waals surface area contributed by atoms with Gasteiger partial charge in [-0.2, -0.15) is 0 Å². The van der Waals surface area contributed by atoms with Gasteiger partial charge in [0.2, 0.25) is 20.0 Å². The van der Waals surface area contributed by atoms with Crippen LogP contribution in [-0.4, -0.2) is 63.6 Å². The summed E-state index contributed by atoms with van der Waals surface area (Å²) in [6, 6.07) is -1.70. The lowest BCUT2D eigenvalue weighted by Crippen LogP contribution is -2.35. The Labute approximate surface area is 141 Å². The molecule has 0 radical (unpaired) electrons. The van der Waals surface area contributed by atoms with E-state index in [9.17, 15) is 36.6 Å². The third-order valence-electron chi connectivity index (χ3n) is 2.73. The van der Waals surface area contributed by atoms with Gasteiger partial charge in [-0.1, -0.05) is 0 Å². The molecule has 0 saturated heterocycles. The summed E-state index contributed by atoms with van der Waals surface area (Å²) >= 11 is 0. The van der Waals surface area contributed by atoms with Crippen molar-refractivity contribution in [3.63, 3.8) is 0 Å². The topological polar surface area (TPSA) is 167 Å². The summed E-state index contributed by atoms with van der Waals surface area (Å²) in [4.78, 5) is 22.8. The van der Waals surface area contributed by atoms with Gasteiger partial charge < -0.3 is 10.2 Å². The maximum absolute atomic E-state index is 11.4. The van der Waals surface area contributed by atoms with Crippen LogP contribution in [0.15, 0.2) is 11.1 Å². The van der Waals surface area contributed by atoms with Crippen molar-refractivity contribution in [2.45, 2.75) is 38.8 Å². The van der Waals surface area contributed by atoms with Gasteiger partial charge in [-0.25, -0.2) is 35.9 Å². The molecule has 24 heavy (non-hydrogen) atoms. The van der Waals surface area contributed by atoms with Crippen LogP contribution in [0.3, 0.4) is 0 Å². The number of sulfonamides is 2. The first kappa shape index (κ1) is 22.5. The minimum Gasteiger partial charge on any atom is -0.478 e. The highest BCUT2D eigenvalue weighted by molar-refractivity contribution is 7.89. The van der Waals surface area contributed by atoms with Crippen LogP contribution in [0.25, 0.3) is 0 Å². The van der Waals surface area contributed by atoms with Crippen molar-refractivity contribution >= 4 is 32.0 Å². The van der Waals surface area contributed by atoms with E-state index in [1.807, 2.05) is 0 Å². The molecule has 0 aromatic carbocycles. The fraction of sp³-hybridized carbons (Fsp3) is 0.667. The Kier molecular flexibility index (Phi) is 8.02. The second-order valence-electron chi connectivity index (χ2n) is 5.56. The lowest BCUT2D eigenvalue weighted by Gasteiger charge is -2.17. The standard InChI is InChI=1S/C12H22N2O8S2/c1-7(13-23(3,19)20)5-9(11(15)16)10(12(17)18)6-8(2)14-24(4,21)22/h7-8,13-14H,5-6H2,1-4H3,(H,15,16)(H,17,18)/b10-9+/t7-,8-/m0/s1. The zero-order valence-corrected chi connectivity index (χ0v) is 15.4. The van der Waals surface area contributed by atoms with Crippen LogP contribution in [0.5, 0.6) is 0 Å². The number of carboxylic acids is 2. The highest BCUT2D eigenvalue weighted by atomic mass is 32.2. The zero-order chi connectivity index (χ0) is 19.3. The van der Waals surface area contributed by atoms with E-state index in [1.54, 1.807) is 0 Å². The lowest BCUT2D eigenvalue weighted by molar-refractivity contribution is -0.136. The summed E-state index contributed by atoms with van der Waals surface area (Å²) in [5.74, 6) is -3.03. The van der Waals surface area contributed by atoms with E-state index in [1.165, 1.54) is 13.8 Å². The van der Waals surface area contributed by atoms with Crippen molar-refractivity contribution in [3.8, 4) is 0 Å². The molecule has 0 fully saturated rings. The van der Waals surface area contributed by atoms with Gasteiger partial charge in [0.1, 0.15) is 0 Å². The quantitative estimate of drug-likeness (QED) is 0.351. The molecule has 0 aromatic heterocycles. The molecule has 0 amide bonds. The van der Waals surface area contributed by atoms with E-state index >= 15 is 0 Å². The molecule has 0 aliphatic heterocycles. The van der Waals surface area contributed by atoms with Crippen molar-refractivity contribution in [1.82, 2.24) is 9.44 Å². The second-order valence-corrected chi connectivity index (χ2v) is 9.12. The fourth-order valence-electron chi connectivity index (χ4n) is 2.11. The van der Waals surface area contributed by atoms with Crippen molar-refractivity contribution < 1.29 is 36.6 Å². The van der Waals surface area contributed by atoms with Crippen molar-refractivity contribution in [2.24, 2.45) is 0 Å². The van der Waals surface area contributed by atoms with Crippen LogP contribution >= 0.6 is 0 Å². The molecule has 0 spiro atoms. The van der Waals surface area contributed by atoms with Gasteiger partial charge in [0.05, 0.1) is 12.5 Å². The molecule has 2 atom stereocenters. The molecule has 0 saturated carbocycles. The van der Waals surface area contributed by atoms with E-state index in [4.69, 9.17) is 0 Å². The second kappa shape index (κ2) is 8.55. The molecule has 0 bridgehead atoms. The average molecular weight is 386 g/mol. The number of hydrogen-bond donors (Lipinski definition) is 4. The highest BCUT2D eigenvalue weighted by Gasteiger charge is 2.25. The Bertz CT molecular complexity index is 662. The summed E-state index contributed by atoms with van der Waals surface area (Å²) in [5.41, 5.74) is -0.985. The van der Waals surface area contributed by atoms with E-state index < -0.39 is 55.2 Å². The Balaban J connectivity index is 5.59. The van der Waals surface area contributed by atoms with Crippen molar-refractivity contribution in [1.29, 1.82) is 0 Å². The summed E-state index contributed by atoms with van der Waals surface area (Å²) in [5, 5.41) is 18.5. The Morgan fingerprint density at radius 2 is 1.04 bits per heavy atom. The number of nitrogens with one attached hydrogen (secondary N) is 2. The van der Waals surface area contributed by atoms with Crippen LogP contribution in [-0.2, 0) is 29.6 Å². The minimum atomic E-state index is -3.59. The molecule has 12 heteroatoms. The monoisotopic (exact) mass is 386 g/mol. The molecule has 0 aliphatic carbocycles. The molecule has 140 valence electrons. The van der Waals surface area contributed by atoms with Crippen LogP contribution < -0.4 is 9.44 Å². The van der Waals surface area contributed by atoms with Crippen molar-refractivity contribution in [2.75, 3.05) is 12.5 Å². The molecular weight excluding hydrogens is 364 g/mol. The molecule has 0 heterocycles. The SMILES string of the molecule is C[C@@H](C/C(C(=O)O)=C(/C[C@H](C)NS(C)(=O)=O)C(=O)O)NS(C)(=O)=O. The average Bonchev–Trinajstić information content (AvgIpc) is 2.28. The van der Waals surface area contributed by atoms with Gasteiger partial charge in [-0.15, -0.1) is 0 Å². The summed E-state index contributed by atoms with van der Waals surface area (Å²) in [6.07, 6.45) is 1.05. The van der Waals surface area contributed by atoms with Gasteiger partial charge in [-0.05, 0) is 26.7 Å².